The van der Waals surface area contributed by atoms with Crippen LogP contribution in [0.2, 0.25) is 10.0 Å². The van der Waals surface area contributed by atoms with E-state index in [1.165, 1.54) is 17.0 Å². The van der Waals surface area contributed by atoms with Gasteiger partial charge in [0.2, 0.25) is 11.7 Å². The zero-order valence-corrected chi connectivity index (χ0v) is 17.0. The lowest BCUT2D eigenvalue weighted by atomic mass is 10.1. The maximum Gasteiger partial charge on any atom is 0.270 e. The van der Waals surface area contributed by atoms with Gasteiger partial charge in [-0.05, 0) is 32.0 Å². The van der Waals surface area contributed by atoms with E-state index < -0.39 is 10.8 Å². The summed E-state index contributed by atoms with van der Waals surface area (Å²) in [6.45, 7) is 3.69. The van der Waals surface area contributed by atoms with Gasteiger partial charge >= 0.3 is 0 Å². The van der Waals surface area contributed by atoms with E-state index >= 15 is 0 Å². The molecule has 0 unspecified atom stereocenters. The molecule has 0 radical (unpaired) electrons. The predicted molar refractivity (Wildman–Crippen MR) is 108 cm³/mol. The Kier molecular flexibility index (Phi) is 6.14. The molecule has 0 saturated heterocycles. The van der Waals surface area contributed by atoms with Gasteiger partial charge in [-0.1, -0.05) is 40.5 Å². The summed E-state index contributed by atoms with van der Waals surface area (Å²) in [4.78, 5) is 29.1. The number of halogens is 2. The van der Waals surface area contributed by atoms with Crippen molar-refractivity contribution in [1.29, 1.82) is 0 Å². The van der Waals surface area contributed by atoms with E-state index in [2.05, 4.69) is 10.1 Å². The lowest BCUT2D eigenvalue weighted by Gasteiger charge is -2.25. The quantitative estimate of drug-likeness (QED) is 0.399. The predicted octanol–water partition coefficient (Wildman–Crippen LogP) is 5.00. The van der Waals surface area contributed by atoms with E-state index in [0.29, 0.717) is 16.4 Å². The summed E-state index contributed by atoms with van der Waals surface area (Å²) in [5.74, 6) is 0.132. The summed E-state index contributed by atoms with van der Waals surface area (Å²) in [5, 5.41) is 15.3. The third-order valence-electron chi connectivity index (χ3n) is 4.17. The molecule has 0 aliphatic heterocycles. The molecule has 1 heterocycles. The van der Waals surface area contributed by atoms with E-state index in [1.807, 2.05) is 13.8 Å². The minimum absolute atomic E-state index is 0.00265. The number of carbonyl (C=O) groups excluding carboxylic acids is 1. The highest BCUT2D eigenvalue weighted by Gasteiger charge is 2.25. The van der Waals surface area contributed by atoms with E-state index in [0.717, 1.165) is 6.07 Å². The Labute approximate surface area is 176 Å². The maximum atomic E-state index is 13.0. The molecular weight excluding hydrogens is 419 g/mol. The minimum atomic E-state index is -0.574. The second kappa shape index (κ2) is 8.59. The second-order valence-corrected chi connectivity index (χ2v) is 7.25. The lowest BCUT2D eigenvalue weighted by molar-refractivity contribution is -0.384. The fraction of sp³-hybridized carbons (Fsp3) is 0.211. The minimum Gasteiger partial charge on any atom is -0.337 e. The van der Waals surface area contributed by atoms with Crippen LogP contribution in [0.1, 0.15) is 30.1 Å². The van der Waals surface area contributed by atoms with Gasteiger partial charge in [0.1, 0.15) is 6.54 Å². The highest BCUT2D eigenvalue weighted by molar-refractivity contribution is 6.34. The number of non-ortho nitro benzene ring substituents is 1. The number of benzene rings is 2. The van der Waals surface area contributed by atoms with Gasteiger partial charge in [-0.15, -0.1) is 0 Å². The first-order valence-corrected chi connectivity index (χ1v) is 9.36. The van der Waals surface area contributed by atoms with Crippen molar-refractivity contribution in [2.75, 3.05) is 0 Å². The van der Waals surface area contributed by atoms with Crippen molar-refractivity contribution in [3.8, 4) is 11.4 Å². The van der Waals surface area contributed by atoms with Crippen molar-refractivity contribution in [2.24, 2.45) is 0 Å². The number of hydrogen-bond acceptors (Lipinski definition) is 6. The molecule has 150 valence electrons. The first-order chi connectivity index (χ1) is 13.8. The summed E-state index contributed by atoms with van der Waals surface area (Å²) in [7, 11) is 0. The molecule has 10 heteroatoms. The van der Waals surface area contributed by atoms with Crippen LogP contribution in [0.5, 0.6) is 0 Å². The number of carbonyl (C=O) groups is 1. The Morgan fingerprint density at radius 2 is 1.93 bits per heavy atom. The van der Waals surface area contributed by atoms with Crippen LogP contribution < -0.4 is 0 Å². The van der Waals surface area contributed by atoms with Crippen molar-refractivity contribution in [2.45, 2.75) is 26.4 Å². The molecule has 0 saturated carbocycles. The molecular formula is C19H16Cl2N4O4. The number of nitro groups is 1. The molecule has 0 spiro atoms. The van der Waals surface area contributed by atoms with E-state index in [-0.39, 0.29) is 34.8 Å². The van der Waals surface area contributed by atoms with Crippen LogP contribution in [-0.2, 0) is 6.54 Å². The fourth-order valence-corrected chi connectivity index (χ4v) is 3.13. The number of amides is 1. The summed E-state index contributed by atoms with van der Waals surface area (Å²) in [6.07, 6.45) is 0. The van der Waals surface area contributed by atoms with E-state index in [1.54, 1.807) is 24.3 Å². The molecule has 29 heavy (non-hydrogen) atoms. The number of nitrogens with zero attached hydrogens (tertiary/aromatic N) is 4. The van der Waals surface area contributed by atoms with Crippen LogP contribution in [0.25, 0.3) is 11.4 Å². The molecule has 0 fully saturated rings. The van der Waals surface area contributed by atoms with Crippen molar-refractivity contribution < 1.29 is 14.2 Å². The van der Waals surface area contributed by atoms with Crippen LogP contribution in [0.4, 0.5) is 5.69 Å². The van der Waals surface area contributed by atoms with Gasteiger partial charge in [0.25, 0.3) is 11.6 Å². The first-order valence-electron chi connectivity index (χ1n) is 8.60. The zero-order chi connectivity index (χ0) is 21.1. The normalized spacial score (nSPS) is 10.9. The summed E-state index contributed by atoms with van der Waals surface area (Å²) in [5.41, 5.74) is 0.575. The van der Waals surface area contributed by atoms with Gasteiger partial charge in [0, 0.05) is 23.7 Å². The molecule has 0 atom stereocenters. The summed E-state index contributed by atoms with van der Waals surface area (Å²) < 4.78 is 5.29. The Hall–Kier alpha value is -2.97. The average Bonchev–Trinajstić information content (AvgIpc) is 3.14. The molecule has 0 aliphatic carbocycles. The molecule has 2 aromatic carbocycles. The highest BCUT2D eigenvalue weighted by atomic mass is 35.5. The molecule has 0 N–H and O–H groups in total. The monoisotopic (exact) mass is 434 g/mol. The number of nitro benzene ring substituents is 1. The Balaban J connectivity index is 1.85. The van der Waals surface area contributed by atoms with Crippen molar-refractivity contribution in [3.05, 3.63) is 74.1 Å². The van der Waals surface area contributed by atoms with E-state index in [4.69, 9.17) is 27.7 Å². The maximum absolute atomic E-state index is 13.0. The zero-order valence-electron chi connectivity index (χ0n) is 15.5. The highest BCUT2D eigenvalue weighted by Crippen LogP contribution is 2.27. The van der Waals surface area contributed by atoms with Gasteiger partial charge in [0.15, 0.2) is 0 Å². The van der Waals surface area contributed by atoms with Crippen molar-refractivity contribution in [1.82, 2.24) is 15.0 Å². The van der Waals surface area contributed by atoms with Gasteiger partial charge in [-0.3, -0.25) is 14.9 Å². The Bertz CT molecular complexity index is 1070. The largest absolute Gasteiger partial charge is 0.337 e. The van der Waals surface area contributed by atoms with Crippen LogP contribution >= 0.6 is 23.2 Å². The van der Waals surface area contributed by atoms with Gasteiger partial charge in [0.05, 0.1) is 20.5 Å². The van der Waals surface area contributed by atoms with Crippen LogP contribution in [0, 0.1) is 10.1 Å². The standard InChI is InChI=1S/C19H16Cl2N4O4/c1-11(2)24(19(26)14-8-7-12(25(27)28)9-16(14)21)10-17-22-18(23-29-17)13-5-3-4-6-15(13)20/h3-9,11H,10H2,1-2H3. The van der Waals surface area contributed by atoms with E-state index in [9.17, 15) is 14.9 Å². The molecule has 1 amide bonds. The third kappa shape index (κ3) is 4.55. The molecule has 1 aromatic heterocycles. The smallest absolute Gasteiger partial charge is 0.270 e. The third-order valence-corrected chi connectivity index (χ3v) is 4.81. The molecule has 3 rings (SSSR count). The summed E-state index contributed by atoms with van der Waals surface area (Å²) >= 11 is 12.3. The SMILES string of the molecule is CC(C)N(Cc1nc(-c2ccccc2Cl)no1)C(=O)c1ccc([N+](=O)[O-])cc1Cl. The second-order valence-electron chi connectivity index (χ2n) is 6.44. The fourth-order valence-electron chi connectivity index (χ4n) is 2.65. The van der Waals surface area contributed by atoms with Crippen LogP contribution in [0.15, 0.2) is 47.0 Å². The van der Waals surface area contributed by atoms with Crippen LogP contribution in [-0.4, -0.2) is 31.9 Å². The number of aromatic nitrogens is 2. The van der Waals surface area contributed by atoms with Crippen molar-refractivity contribution >= 4 is 34.8 Å². The van der Waals surface area contributed by atoms with Gasteiger partial charge in [-0.2, -0.15) is 4.98 Å². The first kappa shape index (κ1) is 20.8. The molecule has 0 bridgehead atoms. The Morgan fingerprint density at radius 1 is 1.21 bits per heavy atom. The summed E-state index contributed by atoms with van der Waals surface area (Å²) in [6, 6.07) is 10.6. The van der Waals surface area contributed by atoms with Crippen LogP contribution in [0.3, 0.4) is 0 Å². The van der Waals surface area contributed by atoms with Crippen molar-refractivity contribution in [3.63, 3.8) is 0 Å². The van der Waals surface area contributed by atoms with Gasteiger partial charge in [-0.25, -0.2) is 0 Å². The lowest BCUT2D eigenvalue weighted by Crippen LogP contribution is -2.36. The molecule has 8 nitrogen and oxygen atoms in total. The molecule has 0 aliphatic rings. The topological polar surface area (TPSA) is 102 Å². The number of hydrogen-bond donors (Lipinski definition) is 0. The Morgan fingerprint density at radius 3 is 2.55 bits per heavy atom. The number of rotatable bonds is 6. The molecule has 3 aromatic rings. The average molecular weight is 435 g/mol. The van der Waals surface area contributed by atoms with Gasteiger partial charge < -0.3 is 9.42 Å².